The minimum atomic E-state index is -4.43. The van der Waals surface area contributed by atoms with Crippen LogP contribution in [0, 0.1) is 0 Å². The normalized spacial score (nSPS) is 11.2. The first-order valence-electron chi connectivity index (χ1n) is 5.65. The molecule has 1 amide bonds. The van der Waals surface area contributed by atoms with Gasteiger partial charge in [0.05, 0.1) is 18.6 Å². The summed E-state index contributed by atoms with van der Waals surface area (Å²) in [5.41, 5.74) is 0.190. The number of rotatable bonds is 6. The first-order valence-corrected chi connectivity index (χ1v) is 6.45. The van der Waals surface area contributed by atoms with Crippen LogP contribution in [0.5, 0.6) is 0 Å². The molecule has 0 bridgehead atoms. The van der Waals surface area contributed by atoms with E-state index in [2.05, 4.69) is 26.0 Å². The van der Waals surface area contributed by atoms with Crippen molar-refractivity contribution in [3.05, 3.63) is 28.2 Å². The molecule has 0 aliphatic rings. The highest BCUT2D eigenvalue weighted by Gasteiger charge is 2.27. The quantitative estimate of drug-likeness (QED) is 0.755. The van der Waals surface area contributed by atoms with E-state index in [1.807, 2.05) is 0 Å². The molecule has 116 valence electrons. The third-order valence-corrected chi connectivity index (χ3v) is 2.63. The molecule has 0 atom stereocenters. The zero-order chi connectivity index (χ0) is 16.0. The second kappa shape index (κ2) is 7.41. The van der Waals surface area contributed by atoms with Crippen molar-refractivity contribution in [2.75, 3.05) is 18.5 Å². The van der Waals surface area contributed by atoms with E-state index >= 15 is 0 Å². The first kappa shape index (κ1) is 17.4. The van der Waals surface area contributed by atoms with Crippen LogP contribution in [0.4, 0.5) is 18.9 Å². The SMILES string of the molecule is O=C(CCOCC(F)(F)F)Nc1cc(Br)cc(C(=O)O)c1. The van der Waals surface area contributed by atoms with E-state index in [1.54, 1.807) is 0 Å². The molecule has 1 rings (SSSR count). The van der Waals surface area contributed by atoms with Gasteiger partial charge in [-0.05, 0) is 18.2 Å². The Morgan fingerprint density at radius 1 is 1.29 bits per heavy atom. The first-order chi connectivity index (χ1) is 9.67. The number of hydrogen-bond donors (Lipinski definition) is 2. The van der Waals surface area contributed by atoms with Gasteiger partial charge in [0.1, 0.15) is 6.61 Å². The summed E-state index contributed by atoms with van der Waals surface area (Å²) in [6, 6.07) is 4.06. The molecule has 9 heteroatoms. The topological polar surface area (TPSA) is 75.6 Å². The van der Waals surface area contributed by atoms with Gasteiger partial charge in [-0.2, -0.15) is 13.2 Å². The minimum absolute atomic E-state index is 0.0343. The molecule has 0 fully saturated rings. The highest BCUT2D eigenvalue weighted by Crippen LogP contribution is 2.20. The predicted molar refractivity (Wildman–Crippen MR) is 71.2 cm³/mol. The third-order valence-electron chi connectivity index (χ3n) is 2.17. The van der Waals surface area contributed by atoms with Crippen LogP contribution in [0.2, 0.25) is 0 Å². The smallest absolute Gasteiger partial charge is 0.411 e. The van der Waals surface area contributed by atoms with Gasteiger partial charge in [-0.3, -0.25) is 4.79 Å². The number of nitrogens with one attached hydrogen (secondary N) is 1. The molecular weight excluding hydrogens is 359 g/mol. The molecule has 2 N–H and O–H groups in total. The summed E-state index contributed by atoms with van der Waals surface area (Å²) in [6.07, 6.45) is -4.71. The lowest BCUT2D eigenvalue weighted by atomic mass is 10.2. The van der Waals surface area contributed by atoms with Gasteiger partial charge >= 0.3 is 12.1 Å². The zero-order valence-corrected chi connectivity index (χ0v) is 12.1. The van der Waals surface area contributed by atoms with Crippen molar-refractivity contribution in [3.8, 4) is 0 Å². The molecule has 0 saturated heterocycles. The van der Waals surface area contributed by atoms with Gasteiger partial charge in [-0.1, -0.05) is 15.9 Å². The highest BCUT2D eigenvalue weighted by molar-refractivity contribution is 9.10. The average molecular weight is 370 g/mol. The molecule has 0 aliphatic heterocycles. The summed E-state index contributed by atoms with van der Waals surface area (Å²) in [6.45, 7) is -1.80. The average Bonchev–Trinajstić information content (AvgIpc) is 2.32. The fourth-order valence-electron chi connectivity index (χ4n) is 1.36. The van der Waals surface area contributed by atoms with Crippen molar-refractivity contribution < 1.29 is 32.6 Å². The molecule has 1 aromatic carbocycles. The molecule has 0 radical (unpaired) electrons. The number of carboxylic acids is 1. The second-order valence-electron chi connectivity index (χ2n) is 4.00. The largest absolute Gasteiger partial charge is 0.478 e. The molecule has 0 saturated carbocycles. The van der Waals surface area contributed by atoms with Crippen LogP contribution >= 0.6 is 15.9 Å². The van der Waals surface area contributed by atoms with Gasteiger partial charge in [0.2, 0.25) is 5.91 Å². The second-order valence-corrected chi connectivity index (χ2v) is 4.92. The number of amides is 1. The number of carbonyl (C=O) groups excluding carboxylic acids is 1. The Balaban J connectivity index is 2.50. The summed E-state index contributed by atoms with van der Waals surface area (Å²) in [5, 5.41) is 11.2. The van der Waals surface area contributed by atoms with E-state index in [0.29, 0.717) is 4.47 Å². The molecule has 21 heavy (non-hydrogen) atoms. The number of hydrogen-bond acceptors (Lipinski definition) is 3. The Hall–Kier alpha value is -1.61. The van der Waals surface area contributed by atoms with Crippen LogP contribution in [-0.4, -0.2) is 36.4 Å². The number of ether oxygens (including phenoxy) is 1. The fourth-order valence-corrected chi connectivity index (χ4v) is 1.85. The van der Waals surface area contributed by atoms with Crippen molar-refractivity contribution in [3.63, 3.8) is 0 Å². The number of aromatic carboxylic acids is 1. The van der Waals surface area contributed by atoms with Crippen LogP contribution in [-0.2, 0) is 9.53 Å². The van der Waals surface area contributed by atoms with Crippen LogP contribution in [0.1, 0.15) is 16.8 Å². The summed E-state index contributed by atoms with van der Waals surface area (Å²) >= 11 is 3.09. The summed E-state index contributed by atoms with van der Waals surface area (Å²) in [7, 11) is 0. The lowest BCUT2D eigenvalue weighted by Gasteiger charge is -2.09. The van der Waals surface area contributed by atoms with Gasteiger partial charge in [-0.15, -0.1) is 0 Å². The number of carboxylic acid groups (broad SMARTS) is 1. The molecular formula is C12H11BrF3NO4. The molecule has 0 heterocycles. The van der Waals surface area contributed by atoms with Crippen LogP contribution in [0.15, 0.2) is 22.7 Å². The fraction of sp³-hybridized carbons (Fsp3) is 0.333. The van der Waals surface area contributed by atoms with E-state index < -0.39 is 24.7 Å². The highest BCUT2D eigenvalue weighted by atomic mass is 79.9. The Kier molecular flexibility index (Phi) is 6.16. The van der Waals surface area contributed by atoms with Crippen molar-refractivity contribution >= 4 is 33.5 Å². The molecule has 0 unspecified atom stereocenters. The Bertz CT molecular complexity index is 534. The monoisotopic (exact) mass is 369 g/mol. The molecule has 1 aromatic rings. The van der Waals surface area contributed by atoms with Crippen molar-refractivity contribution in [1.82, 2.24) is 0 Å². The maximum atomic E-state index is 11.8. The number of anilines is 1. The number of carbonyl (C=O) groups is 2. The van der Waals surface area contributed by atoms with E-state index in [-0.39, 0.29) is 24.3 Å². The van der Waals surface area contributed by atoms with Gasteiger partial charge in [0, 0.05) is 10.2 Å². The summed E-state index contributed by atoms with van der Waals surface area (Å²) in [5.74, 6) is -1.74. The Labute approximate surface area is 126 Å². The van der Waals surface area contributed by atoms with Crippen molar-refractivity contribution in [1.29, 1.82) is 0 Å². The van der Waals surface area contributed by atoms with Crippen molar-refractivity contribution in [2.24, 2.45) is 0 Å². The van der Waals surface area contributed by atoms with Crippen LogP contribution in [0.25, 0.3) is 0 Å². The molecule has 5 nitrogen and oxygen atoms in total. The van der Waals surface area contributed by atoms with Crippen LogP contribution < -0.4 is 5.32 Å². The van der Waals surface area contributed by atoms with Gasteiger partial charge < -0.3 is 15.2 Å². The number of alkyl halides is 3. The van der Waals surface area contributed by atoms with Crippen molar-refractivity contribution in [2.45, 2.75) is 12.6 Å². The van der Waals surface area contributed by atoms with E-state index in [1.165, 1.54) is 18.2 Å². The van der Waals surface area contributed by atoms with E-state index in [0.717, 1.165) is 0 Å². The Morgan fingerprint density at radius 2 is 1.95 bits per heavy atom. The van der Waals surface area contributed by atoms with E-state index in [9.17, 15) is 22.8 Å². The zero-order valence-electron chi connectivity index (χ0n) is 10.5. The summed E-state index contributed by atoms with van der Waals surface area (Å²) < 4.78 is 40.2. The predicted octanol–water partition coefficient (Wildman–Crippen LogP) is 3.05. The lowest BCUT2D eigenvalue weighted by molar-refractivity contribution is -0.174. The maximum Gasteiger partial charge on any atom is 0.411 e. The molecule has 0 spiro atoms. The Morgan fingerprint density at radius 3 is 2.52 bits per heavy atom. The van der Waals surface area contributed by atoms with Gasteiger partial charge in [-0.25, -0.2) is 4.79 Å². The van der Waals surface area contributed by atoms with Crippen LogP contribution in [0.3, 0.4) is 0 Å². The summed E-state index contributed by atoms with van der Waals surface area (Å²) in [4.78, 5) is 22.3. The lowest BCUT2D eigenvalue weighted by Crippen LogP contribution is -2.20. The minimum Gasteiger partial charge on any atom is -0.478 e. The van der Waals surface area contributed by atoms with Gasteiger partial charge in [0.25, 0.3) is 0 Å². The maximum absolute atomic E-state index is 11.8. The van der Waals surface area contributed by atoms with Gasteiger partial charge in [0.15, 0.2) is 0 Å². The standard InChI is InChI=1S/C12H11BrF3NO4/c13-8-3-7(11(19)20)4-9(5-8)17-10(18)1-2-21-6-12(14,15)16/h3-5H,1-2,6H2,(H,17,18)(H,19,20). The molecule has 0 aliphatic carbocycles. The number of benzene rings is 1. The number of halogens is 4. The third kappa shape index (κ3) is 7.09. The molecule has 0 aromatic heterocycles. The van der Waals surface area contributed by atoms with E-state index in [4.69, 9.17) is 5.11 Å².